The molecule has 0 spiro atoms. The van der Waals surface area contributed by atoms with Crippen LogP contribution in [0.25, 0.3) is 33.4 Å². The number of halogens is 2. The monoisotopic (exact) mass is 758 g/mol. The zero-order valence-electron chi connectivity index (χ0n) is 30.3. The van der Waals surface area contributed by atoms with Crippen LogP contribution in [-0.2, 0) is 41.5 Å². The average Bonchev–Trinajstić information content (AvgIpc) is 3.70. The summed E-state index contributed by atoms with van der Waals surface area (Å²) >= 11 is 1.47. The molecule has 0 N–H and O–H groups in total. The van der Waals surface area contributed by atoms with Crippen LogP contribution < -0.4 is 24.8 Å². The molecule has 0 bridgehead atoms. The maximum Gasteiger partial charge on any atom is -1.00 e. The van der Waals surface area contributed by atoms with E-state index >= 15 is 0 Å². The van der Waals surface area contributed by atoms with Crippen LogP contribution in [0.3, 0.4) is 0 Å². The van der Waals surface area contributed by atoms with Crippen molar-refractivity contribution in [3.63, 3.8) is 0 Å². The van der Waals surface area contributed by atoms with Gasteiger partial charge < -0.3 is 24.8 Å². The maximum absolute atomic E-state index is 3.65. The smallest absolute Gasteiger partial charge is 1.00 e. The van der Waals surface area contributed by atoms with Crippen molar-refractivity contribution >= 4 is 14.9 Å². The third kappa shape index (κ3) is 7.86. The number of benzene rings is 4. The second-order valence-electron chi connectivity index (χ2n) is 14.8. The van der Waals surface area contributed by atoms with E-state index in [1.807, 2.05) is 0 Å². The molecule has 0 aliphatic heterocycles. The van der Waals surface area contributed by atoms with Crippen LogP contribution in [0.5, 0.6) is 0 Å². The molecule has 0 aromatic heterocycles. The third-order valence-corrected chi connectivity index (χ3v) is 10.8. The van der Waals surface area contributed by atoms with E-state index < -0.39 is 0 Å². The van der Waals surface area contributed by atoms with E-state index in [9.17, 15) is 0 Å². The summed E-state index contributed by atoms with van der Waals surface area (Å²) in [5.41, 5.74) is 22.6. The van der Waals surface area contributed by atoms with Crippen LogP contribution in [-0.4, -0.2) is 3.71 Å². The molecule has 0 amide bonds. The Balaban J connectivity index is 0.000000190. The number of hydrogen-bond donors (Lipinski definition) is 0. The fourth-order valence-electron chi connectivity index (χ4n) is 7.67. The van der Waals surface area contributed by atoms with E-state index in [0.717, 1.165) is 6.42 Å². The van der Waals surface area contributed by atoms with Crippen molar-refractivity contribution in [3.05, 3.63) is 159 Å². The van der Waals surface area contributed by atoms with Gasteiger partial charge >= 0.3 is 70.3 Å². The Labute approximate surface area is 322 Å². The van der Waals surface area contributed by atoms with Gasteiger partial charge in [0.15, 0.2) is 0 Å². The number of rotatable bonds is 2. The Kier molecular flexibility index (Phi) is 12.0. The van der Waals surface area contributed by atoms with Crippen LogP contribution >= 0.6 is 0 Å². The van der Waals surface area contributed by atoms with Crippen LogP contribution in [0.15, 0.2) is 97.1 Å². The quantitative estimate of drug-likeness (QED) is 0.195. The van der Waals surface area contributed by atoms with E-state index in [-0.39, 0.29) is 35.6 Å². The van der Waals surface area contributed by atoms with Crippen molar-refractivity contribution in [2.75, 3.05) is 0 Å². The molecule has 3 heteroatoms. The van der Waals surface area contributed by atoms with Gasteiger partial charge in [-0.25, -0.2) is 11.6 Å². The summed E-state index contributed by atoms with van der Waals surface area (Å²) in [6.45, 7) is 20.1. The molecule has 3 aliphatic carbocycles. The van der Waals surface area contributed by atoms with Gasteiger partial charge in [-0.3, -0.25) is 6.08 Å². The Hall–Kier alpha value is -2.96. The predicted molar refractivity (Wildman–Crippen MR) is 200 cm³/mol. The molecule has 0 nitrogen and oxygen atoms in total. The second kappa shape index (κ2) is 15.1. The van der Waals surface area contributed by atoms with Gasteiger partial charge in [0.05, 0.1) is 0 Å². The summed E-state index contributed by atoms with van der Waals surface area (Å²) in [7, 11) is 0. The zero-order valence-corrected chi connectivity index (χ0v) is 34.2. The fraction of sp³-hybridized carbons (Fsp3) is 0.261. The van der Waals surface area contributed by atoms with E-state index in [0.29, 0.717) is 0 Å². The van der Waals surface area contributed by atoms with Crippen molar-refractivity contribution in [2.24, 2.45) is 0 Å². The number of fused-ring (bicyclic) bond motifs is 5. The van der Waals surface area contributed by atoms with Crippen molar-refractivity contribution in [1.29, 1.82) is 0 Å². The largest absolute Gasteiger partial charge is 1.00 e. The molecule has 0 saturated heterocycles. The Morgan fingerprint density at radius 3 is 1.84 bits per heavy atom. The van der Waals surface area contributed by atoms with Crippen LogP contribution in [0, 0.1) is 26.8 Å². The molecule has 5 aromatic rings. The minimum absolute atomic E-state index is 0. The first-order valence-corrected chi connectivity index (χ1v) is 18.2. The molecule has 0 unspecified atom stereocenters. The summed E-state index contributed by atoms with van der Waals surface area (Å²) in [5, 5.41) is 0. The fourth-order valence-corrected chi connectivity index (χ4v) is 8.14. The molecule has 3 aliphatic rings. The summed E-state index contributed by atoms with van der Waals surface area (Å²) < 4.78 is 2.19. The molecular weight excluding hydrogens is 715 g/mol. The molecule has 49 heavy (non-hydrogen) atoms. The topological polar surface area (TPSA) is 0 Å². The number of allylic oxidation sites excluding steroid dienone is 4. The van der Waals surface area contributed by atoms with Gasteiger partial charge in [0.1, 0.15) is 0 Å². The molecule has 5 aromatic carbocycles. The predicted octanol–water partition coefficient (Wildman–Crippen LogP) is 5.84. The molecule has 0 radical (unpaired) electrons. The normalized spacial score (nSPS) is 14.9. The minimum Gasteiger partial charge on any atom is -1.00 e. The Bertz CT molecular complexity index is 1970. The standard InChI is InChI=1S/C25H25.C13H13.C8H8.2ClH.Zr/c1-14-12-24(3,4)22-8-16-7-17-9-23-19(15(2)13-25(23,5)6)11-21(17)20(16)10-18(14)22;1-10-8-11(2)13(9-10)12-6-4-3-5-7-12;1-7-3-5-8(2)6-4-7;;;/h8-12H,7H2,1-6H3;3-9H,1-2H3;1,3-6H,2H3;2*1H;/q2*-1;;;;+2/p-2. The average molecular weight is 761 g/mol. The number of aryl methyl sites for hydroxylation is 3. The van der Waals surface area contributed by atoms with Gasteiger partial charge in [0.25, 0.3) is 0 Å². The molecular formula is C46H46Cl2Zr-2. The SMILES string of the molecule is CC1=[C-]C(C)(C)c2cc3c(cc21)-c1cc2c(cc1C3)C(C)(C)C=C2C.Cc1cc(-c2ccccc2)c(C)[cH-]1.Cc1ccc([CH]=[Zr+2])cc1.[Cl-].[Cl-]. The van der Waals surface area contributed by atoms with Crippen LogP contribution in [0.2, 0.25) is 0 Å². The van der Waals surface area contributed by atoms with Gasteiger partial charge in [-0.2, -0.15) is 28.3 Å². The minimum atomic E-state index is 0. The third-order valence-electron chi connectivity index (χ3n) is 10.0. The molecule has 0 atom stereocenters. The summed E-state index contributed by atoms with van der Waals surface area (Å²) in [6.07, 6.45) is 7.13. The van der Waals surface area contributed by atoms with Gasteiger partial charge in [-0.1, -0.05) is 108 Å². The Morgan fingerprint density at radius 1 is 0.673 bits per heavy atom. The van der Waals surface area contributed by atoms with E-state index in [4.69, 9.17) is 0 Å². The molecule has 8 rings (SSSR count). The molecule has 0 heterocycles. The van der Waals surface area contributed by atoms with Crippen molar-refractivity contribution < 1.29 is 49.0 Å². The van der Waals surface area contributed by atoms with E-state index in [1.165, 1.54) is 113 Å². The van der Waals surface area contributed by atoms with E-state index in [2.05, 4.69) is 169 Å². The molecule has 0 saturated carbocycles. The van der Waals surface area contributed by atoms with Gasteiger partial charge in [-0.05, 0) is 58.4 Å². The molecule has 0 fully saturated rings. The maximum atomic E-state index is 3.65. The van der Waals surface area contributed by atoms with E-state index in [1.54, 1.807) is 0 Å². The second-order valence-corrected chi connectivity index (χ2v) is 15.5. The van der Waals surface area contributed by atoms with Crippen molar-refractivity contribution in [2.45, 2.75) is 79.6 Å². The van der Waals surface area contributed by atoms with Crippen molar-refractivity contribution in [1.82, 2.24) is 0 Å². The first-order valence-electron chi connectivity index (χ1n) is 16.8. The van der Waals surface area contributed by atoms with Gasteiger partial charge in [-0.15, -0.1) is 11.6 Å². The first-order chi connectivity index (χ1) is 22.3. The Morgan fingerprint density at radius 2 is 1.27 bits per heavy atom. The molecule has 250 valence electrons. The zero-order chi connectivity index (χ0) is 33.7. The van der Waals surface area contributed by atoms with Gasteiger partial charge in [0, 0.05) is 5.41 Å². The summed E-state index contributed by atoms with van der Waals surface area (Å²) in [5.74, 6) is 0. The van der Waals surface area contributed by atoms with Crippen LogP contribution in [0.4, 0.5) is 0 Å². The summed E-state index contributed by atoms with van der Waals surface area (Å²) in [4.78, 5) is 0. The van der Waals surface area contributed by atoms with Crippen molar-refractivity contribution in [3.8, 4) is 22.3 Å². The van der Waals surface area contributed by atoms with Gasteiger partial charge in [0.2, 0.25) is 0 Å². The summed E-state index contributed by atoms with van der Waals surface area (Å²) in [6, 6.07) is 33.3. The van der Waals surface area contributed by atoms with Crippen LogP contribution in [0.1, 0.15) is 97.2 Å². The first kappa shape index (κ1) is 38.8. The number of hydrogen-bond acceptors (Lipinski definition) is 0.